The van der Waals surface area contributed by atoms with Crippen LogP contribution in [0.1, 0.15) is 12.0 Å². The highest BCUT2D eigenvalue weighted by Gasteiger charge is 2.33. The van der Waals surface area contributed by atoms with E-state index in [1.165, 1.54) is 5.56 Å². The third kappa shape index (κ3) is 2.51. The van der Waals surface area contributed by atoms with E-state index in [-0.39, 0.29) is 0 Å². The summed E-state index contributed by atoms with van der Waals surface area (Å²) in [6.45, 7) is 5.15. The Kier molecular flexibility index (Phi) is 3.41. The van der Waals surface area contributed by atoms with Crippen molar-refractivity contribution in [3.05, 3.63) is 35.9 Å². The average Bonchev–Trinajstić information content (AvgIpc) is 2.40. The molecule has 2 aliphatic heterocycles. The Balaban J connectivity index is 1.69. The van der Waals surface area contributed by atoms with E-state index in [4.69, 9.17) is 4.74 Å². The lowest BCUT2D eigenvalue weighted by Gasteiger charge is -2.44. The summed E-state index contributed by atoms with van der Waals surface area (Å²) in [7, 11) is 0. The molecule has 2 aliphatic rings. The highest BCUT2D eigenvalue weighted by Crippen LogP contribution is 2.21. The van der Waals surface area contributed by atoms with Gasteiger partial charge < -0.3 is 10.1 Å². The number of benzene rings is 1. The van der Waals surface area contributed by atoms with E-state index in [0.29, 0.717) is 12.1 Å². The fourth-order valence-corrected chi connectivity index (χ4v) is 2.88. The van der Waals surface area contributed by atoms with E-state index in [9.17, 15) is 0 Å². The zero-order chi connectivity index (χ0) is 11.5. The maximum Gasteiger partial charge on any atom is 0.0755 e. The number of nitrogens with zero attached hydrogens (tertiary/aromatic N) is 1. The quantitative estimate of drug-likeness (QED) is 0.830. The van der Waals surface area contributed by atoms with E-state index in [1.54, 1.807) is 0 Å². The molecule has 0 aliphatic carbocycles. The number of rotatable bonds is 2. The normalized spacial score (nSPS) is 29.9. The summed E-state index contributed by atoms with van der Waals surface area (Å²) >= 11 is 0. The smallest absolute Gasteiger partial charge is 0.0755 e. The van der Waals surface area contributed by atoms with Crippen molar-refractivity contribution in [1.29, 1.82) is 0 Å². The number of hydrogen-bond donors (Lipinski definition) is 1. The van der Waals surface area contributed by atoms with Gasteiger partial charge in [-0.15, -0.1) is 0 Å². The largest absolute Gasteiger partial charge is 0.375 e. The Morgan fingerprint density at radius 1 is 1.29 bits per heavy atom. The third-order valence-electron chi connectivity index (χ3n) is 3.80. The van der Waals surface area contributed by atoms with Crippen LogP contribution in [0.25, 0.3) is 0 Å². The molecule has 1 aromatic rings. The molecule has 92 valence electrons. The molecule has 0 amide bonds. The van der Waals surface area contributed by atoms with Gasteiger partial charge in [-0.05, 0) is 18.5 Å². The molecule has 17 heavy (non-hydrogen) atoms. The van der Waals surface area contributed by atoms with Gasteiger partial charge in [-0.3, -0.25) is 4.90 Å². The molecule has 2 atom stereocenters. The van der Waals surface area contributed by atoms with Crippen LogP contribution in [-0.4, -0.2) is 43.3 Å². The van der Waals surface area contributed by atoms with E-state index in [1.807, 2.05) is 0 Å². The first-order valence-electron chi connectivity index (χ1n) is 6.54. The van der Waals surface area contributed by atoms with Crippen molar-refractivity contribution < 1.29 is 4.74 Å². The summed E-state index contributed by atoms with van der Waals surface area (Å²) in [6.07, 6.45) is 1.59. The van der Waals surface area contributed by atoms with Crippen LogP contribution in [0.5, 0.6) is 0 Å². The molecule has 0 aromatic heterocycles. The minimum atomic E-state index is 0.439. The van der Waals surface area contributed by atoms with Gasteiger partial charge in [0.1, 0.15) is 0 Å². The van der Waals surface area contributed by atoms with Gasteiger partial charge in [0.05, 0.1) is 12.7 Å². The molecule has 1 aromatic carbocycles. The van der Waals surface area contributed by atoms with Crippen molar-refractivity contribution in [2.45, 2.75) is 25.1 Å². The maximum absolute atomic E-state index is 5.87. The topological polar surface area (TPSA) is 24.5 Å². The molecule has 2 saturated heterocycles. The lowest BCUT2D eigenvalue weighted by Crippen LogP contribution is -2.58. The molecule has 3 nitrogen and oxygen atoms in total. The molecular weight excluding hydrogens is 212 g/mol. The molecule has 2 heterocycles. The number of piperidine rings is 1. The van der Waals surface area contributed by atoms with Crippen molar-refractivity contribution in [3.63, 3.8) is 0 Å². The minimum Gasteiger partial charge on any atom is -0.375 e. The monoisotopic (exact) mass is 232 g/mol. The fourth-order valence-electron chi connectivity index (χ4n) is 2.88. The number of ether oxygens (including phenoxy) is 1. The molecule has 0 bridgehead atoms. The number of fused-ring (bicyclic) bond motifs is 1. The summed E-state index contributed by atoms with van der Waals surface area (Å²) in [5.41, 5.74) is 1.40. The molecule has 0 radical (unpaired) electrons. The number of morpholine rings is 1. The second-order valence-corrected chi connectivity index (χ2v) is 4.93. The first-order chi connectivity index (χ1) is 8.43. The molecule has 3 rings (SSSR count). The van der Waals surface area contributed by atoms with E-state index in [0.717, 1.165) is 39.2 Å². The zero-order valence-electron chi connectivity index (χ0n) is 10.1. The van der Waals surface area contributed by atoms with Crippen LogP contribution in [-0.2, 0) is 11.3 Å². The minimum absolute atomic E-state index is 0.439. The molecule has 3 heteroatoms. The second-order valence-electron chi connectivity index (χ2n) is 4.93. The standard InChI is InChI=1S/C14H20N2O/c1-2-4-12(5-3-1)11-16-8-9-17-14-6-7-15-10-13(14)16/h1-5,13-15H,6-11H2. The Morgan fingerprint density at radius 2 is 2.18 bits per heavy atom. The Bertz CT molecular complexity index is 352. The highest BCUT2D eigenvalue weighted by atomic mass is 16.5. The summed E-state index contributed by atoms with van der Waals surface area (Å²) in [6, 6.07) is 11.3. The SMILES string of the molecule is c1ccc(CN2CCOC3CCNCC32)cc1. The zero-order valence-corrected chi connectivity index (χ0v) is 10.1. The van der Waals surface area contributed by atoms with Gasteiger partial charge in [0.2, 0.25) is 0 Å². The Labute approximate surface area is 103 Å². The lowest BCUT2D eigenvalue weighted by atomic mass is 9.99. The van der Waals surface area contributed by atoms with Gasteiger partial charge in [0.25, 0.3) is 0 Å². The second kappa shape index (κ2) is 5.17. The van der Waals surface area contributed by atoms with Crippen molar-refractivity contribution in [3.8, 4) is 0 Å². The van der Waals surface area contributed by atoms with Gasteiger partial charge in [-0.25, -0.2) is 0 Å². The first kappa shape index (κ1) is 11.2. The van der Waals surface area contributed by atoms with Crippen molar-refractivity contribution in [2.75, 3.05) is 26.2 Å². The fraction of sp³-hybridized carbons (Fsp3) is 0.571. The summed E-state index contributed by atoms with van der Waals surface area (Å²) in [5.74, 6) is 0. The van der Waals surface area contributed by atoms with Gasteiger partial charge >= 0.3 is 0 Å². The molecule has 0 spiro atoms. The van der Waals surface area contributed by atoms with Gasteiger partial charge in [0.15, 0.2) is 0 Å². The first-order valence-corrected chi connectivity index (χ1v) is 6.54. The van der Waals surface area contributed by atoms with Crippen LogP contribution in [0.4, 0.5) is 0 Å². The van der Waals surface area contributed by atoms with E-state index >= 15 is 0 Å². The van der Waals surface area contributed by atoms with Crippen molar-refractivity contribution in [1.82, 2.24) is 10.2 Å². The van der Waals surface area contributed by atoms with Gasteiger partial charge in [-0.1, -0.05) is 30.3 Å². The number of nitrogens with one attached hydrogen (secondary N) is 1. The van der Waals surface area contributed by atoms with Crippen LogP contribution in [0.15, 0.2) is 30.3 Å². The molecule has 2 fully saturated rings. The highest BCUT2D eigenvalue weighted by molar-refractivity contribution is 5.15. The van der Waals surface area contributed by atoms with Crippen molar-refractivity contribution in [2.24, 2.45) is 0 Å². The Morgan fingerprint density at radius 3 is 3.06 bits per heavy atom. The predicted octanol–water partition coefficient (Wildman–Crippen LogP) is 1.25. The van der Waals surface area contributed by atoms with Crippen LogP contribution in [0.2, 0.25) is 0 Å². The van der Waals surface area contributed by atoms with Gasteiger partial charge in [-0.2, -0.15) is 0 Å². The van der Waals surface area contributed by atoms with E-state index in [2.05, 4.69) is 40.5 Å². The average molecular weight is 232 g/mol. The van der Waals surface area contributed by atoms with Crippen LogP contribution >= 0.6 is 0 Å². The van der Waals surface area contributed by atoms with E-state index < -0.39 is 0 Å². The summed E-state index contributed by atoms with van der Waals surface area (Å²) in [4.78, 5) is 2.57. The third-order valence-corrected chi connectivity index (χ3v) is 3.80. The van der Waals surface area contributed by atoms with Crippen molar-refractivity contribution >= 4 is 0 Å². The van der Waals surface area contributed by atoms with Crippen LogP contribution in [0.3, 0.4) is 0 Å². The maximum atomic E-state index is 5.87. The molecule has 1 N–H and O–H groups in total. The molecule has 2 unspecified atom stereocenters. The van der Waals surface area contributed by atoms with Crippen LogP contribution in [0, 0.1) is 0 Å². The van der Waals surface area contributed by atoms with Gasteiger partial charge in [0, 0.05) is 25.7 Å². The summed E-state index contributed by atoms with van der Waals surface area (Å²) < 4.78 is 5.87. The summed E-state index contributed by atoms with van der Waals surface area (Å²) in [5, 5.41) is 3.48. The van der Waals surface area contributed by atoms with Crippen LogP contribution < -0.4 is 5.32 Å². The number of hydrogen-bond acceptors (Lipinski definition) is 3. The predicted molar refractivity (Wildman–Crippen MR) is 67.9 cm³/mol. The molecule has 0 saturated carbocycles. The lowest BCUT2D eigenvalue weighted by molar-refractivity contribution is -0.0854. The Hall–Kier alpha value is -0.900. The molecular formula is C14H20N2O.